The molecule has 0 spiro atoms. The molecule has 1 amide bonds. The molecule has 10 heteroatoms. The van der Waals surface area contributed by atoms with Gasteiger partial charge in [-0.05, 0) is 43.2 Å². The summed E-state index contributed by atoms with van der Waals surface area (Å²) in [6.45, 7) is 3.81. The monoisotopic (exact) mass is 469 g/mol. The second-order valence-electron chi connectivity index (χ2n) is 7.99. The zero-order chi connectivity index (χ0) is 23.4. The third kappa shape index (κ3) is 5.40. The number of amides is 1. The maximum Gasteiger partial charge on any atom is 0.360 e. The first kappa shape index (κ1) is 22.9. The van der Waals surface area contributed by atoms with Crippen molar-refractivity contribution in [2.45, 2.75) is 38.5 Å². The molecule has 9 nitrogen and oxygen atoms in total. The summed E-state index contributed by atoms with van der Waals surface area (Å²) in [6.07, 6.45) is 2.16. The van der Waals surface area contributed by atoms with Crippen molar-refractivity contribution in [2.75, 3.05) is 20.8 Å². The number of aromatic nitrogens is 3. The molecule has 33 heavy (non-hydrogen) atoms. The Morgan fingerprint density at radius 1 is 1.18 bits per heavy atom. The first-order chi connectivity index (χ1) is 16.0. The maximum atomic E-state index is 13.2. The lowest BCUT2D eigenvalue weighted by Crippen LogP contribution is -2.42. The van der Waals surface area contributed by atoms with Gasteiger partial charge < -0.3 is 14.8 Å². The summed E-state index contributed by atoms with van der Waals surface area (Å²) in [5.41, 5.74) is 1.16. The minimum absolute atomic E-state index is 0.0325. The molecule has 0 bridgehead atoms. The molecule has 1 aromatic carbocycles. The number of thiophene rings is 1. The third-order valence-corrected chi connectivity index (χ3v) is 6.73. The van der Waals surface area contributed by atoms with E-state index in [-0.39, 0.29) is 23.7 Å². The van der Waals surface area contributed by atoms with Crippen LogP contribution in [0.25, 0.3) is 0 Å². The Hall–Kier alpha value is -3.24. The van der Waals surface area contributed by atoms with Crippen molar-refractivity contribution in [1.82, 2.24) is 25.2 Å². The minimum Gasteiger partial charge on any atom is -0.497 e. The molecule has 174 valence electrons. The van der Waals surface area contributed by atoms with Gasteiger partial charge in [0.05, 0.1) is 32.5 Å². The Morgan fingerprint density at radius 2 is 1.97 bits per heavy atom. The number of nitrogens with zero attached hydrogens (tertiary/aromatic N) is 4. The minimum atomic E-state index is -0.529. The molecule has 0 saturated carbocycles. The lowest BCUT2D eigenvalue weighted by Gasteiger charge is -2.22. The molecule has 0 radical (unpaired) electrons. The number of hydrogen-bond donors (Lipinski definition) is 1. The molecule has 1 aliphatic heterocycles. The van der Waals surface area contributed by atoms with Crippen LogP contribution in [-0.2, 0) is 22.6 Å². The number of benzene rings is 1. The summed E-state index contributed by atoms with van der Waals surface area (Å²) < 4.78 is 11.6. The highest BCUT2D eigenvalue weighted by atomic mass is 32.1. The number of carbonyl (C=O) groups is 2. The number of hydrogen-bond acceptors (Lipinski definition) is 8. The summed E-state index contributed by atoms with van der Waals surface area (Å²) in [4.78, 5) is 29.6. The van der Waals surface area contributed by atoms with E-state index in [1.54, 1.807) is 29.3 Å². The van der Waals surface area contributed by atoms with Crippen molar-refractivity contribution < 1.29 is 19.1 Å². The van der Waals surface area contributed by atoms with Gasteiger partial charge in [0.15, 0.2) is 5.69 Å². The van der Waals surface area contributed by atoms with E-state index in [4.69, 9.17) is 9.47 Å². The molecule has 2 atom stereocenters. The van der Waals surface area contributed by atoms with Crippen molar-refractivity contribution in [2.24, 2.45) is 0 Å². The van der Waals surface area contributed by atoms with Gasteiger partial charge >= 0.3 is 5.97 Å². The smallest absolute Gasteiger partial charge is 0.360 e. The van der Waals surface area contributed by atoms with Crippen LogP contribution in [0, 0.1) is 6.92 Å². The standard InChI is InChI=1S/C23H27N5O4S/c1-15-4-9-19(33-15)13-27-12-17(28-14-20(25-26-28)23(30)32-3)10-21(27)22(29)24-11-16-5-7-18(31-2)8-6-16/h4-9,14,17,21H,10-13H2,1-3H3,(H,24,29)/t17-,21-/m0/s1. The molecule has 4 rings (SSSR count). The maximum absolute atomic E-state index is 13.2. The second kappa shape index (κ2) is 10.1. The highest BCUT2D eigenvalue weighted by Crippen LogP contribution is 2.30. The molecular weight excluding hydrogens is 442 g/mol. The summed E-state index contributed by atoms with van der Waals surface area (Å²) in [6, 6.07) is 11.4. The molecule has 1 saturated heterocycles. The zero-order valence-corrected chi connectivity index (χ0v) is 19.7. The molecule has 0 aliphatic carbocycles. The fourth-order valence-electron chi connectivity index (χ4n) is 3.99. The van der Waals surface area contributed by atoms with Crippen molar-refractivity contribution in [3.05, 3.63) is 63.6 Å². The van der Waals surface area contributed by atoms with Crippen molar-refractivity contribution in [3.63, 3.8) is 0 Å². The Morgan fingerprint density at radius 3 is 2.64 bits per heavy atom. The molecule has 3 aromatic rings. The van der Waals surface area contributed by atoms with E-state index in [0.29, 0.717) is 26.1 Å². The fraction of sp³-hybridized carbons (Fsp3) is 0.391. The number of likely N-dealkylation sites (tertiary alicyclic amines) is 1. The molecule has 1 N–H and O–H groups in total. The van der Waals surface area contributed by atoms with Crippen LogP contribution in [0.4, 0.5) is 0 Å². The van der Waals surface area contributed by atoms with Gasteiger partial charge in [0.1, 0.15) is 5.75 Å². The van der Waals surface area contributed by atoms with Crippen LogP contribution in [-0.4, -0.2) is 58.6 Å². The van der Waals surface area contributed by atoms with Crippen LogP contribution in [0.15, 0.2) is 42.6 Å². The molecule has 0 unspecified atom stereocenters. The highest BCUT2D eigenvalue weighted by Gasteiger charge is 2.38. The first-order valence-corrected chi connectivity index (χ1v) is 11.5. The summed E-state index contributed by atoms with van der Waals surface area (Å²) in [5, 5.41) is 11.1. The van der Waals surface area contributed by atoms with Crippen LogP contribution in [0.1, 0.15) is 38.3 Å². The topological polar surface area (TPSA) is 98.6 Å². The summed E-state index contributed by atoms with van der Waals surface area (Å²) in [7, 11) is 2.94. The normalized spacial score (nSPS) is 18.3. The Labute approximate surface area is 196 Å². The van der Waals surface area contributed by atoms with Crippen molar-refractivity contribution in [1.29, 1.82) is 0 Å². The molecule has 1 fully saturated rings. The van der Waals surface area contributed by atoms with Gasteiger partial charge in [0, 0.05) is 29.4 Å². The largest absolute Gasteiger partial charge is 0.497 e. The number of nitrogens with one attached hydrogen (secondary N) is 1. The molecule has 1 aliphatic rings. The third-order valence-electron chi connectivity index (χ3n) is 5.74. The van der Waals surface area contributed by atoms with Crippen LogP contribution in [0.3, 0.4) is 0 Å². The predicted molar refractivity (Wildman–Crippen MR) is 123 cm³/mol. The van der Waals surface area contributed by atoms with Crippen molar-refractivity contribution in [3.8, 4) is 5.75 Å². The van der Waals surface area contributed by atoms with Crippen LogP contribution in [0.5, 0.6) is 5.75 Å². The summed E-state index contributed by atoms with van der Waals surface area (Å²) >= 11 is 1.73. The van der Waals surface area contributed by atoms with E-state index < -0.39 is 5.97 Å². The van der Waals surface area contributed by atoms with E-state index >= 15 is 0 Å². The fourth-order valence-corrected chi connectivity index (χ4v) is 4.91. The average molecular weight is 470 g/mol. The van der Waals surface area contributed by atoms with Gasteiger partial charge in [0.2, 0.25) is 5.91 Å². The van der Waals surface area contributed by atoms with E-state index in [2.05, 4.69) is 39.6 Å². The average Bonchev–Trinajstić information content (AvgIpc) is 3.57. The van der Waals surface area contributed by atoms with Gasteiger partial charge in [0.25, 0.3) is 0 Å². The van der Waals surface area contributed by atoms with Crippen LogP contribution >= 0.6 is 11.3 Å². The highest BCUT2D eigenvalue weighted by molar-refractivity contribution is 7.11. The number of aryl methyl sites for hydroxylation is 1. The number of rotatable bonds is 8. The number of esters is 1. The lowest BCUT2D eigenvalue weighted by atomic mass is 10.1. The Kier molecular flexibility index (Phi) is 7.05. The van der Waals surface area contributed by atoms with Gasteiger partial charge in [-0.2, -0.15) is 0 Å². The van der Waals surface area contributed by atoms with Gasteiger partial charge in [-0.25, -0.2) is 9.48 Å². The number of methoxy groups -OCH3 is 2. The molecule has 3 heterocycles. The van der Waals surface area contributed by atoms with E-state index in [9.17, 15) is 9.59 Å². The number of ether oxygens (including phenoxy) is 2. The Bertz CT molecular complexity index is 1110. The zero-order valence-electron chi connectivity index (χ0n) is 18.9. The van der Waals surface area contributed by atoms with E-state index in [1.807, 2.05) is 24.3 Å². The molecular formula is C23H27N5O4S. The van der Waals surface area contributed by atoms with Crippen LogP contribution in [0.2, 0.25) is 0 Å². The Balaban J connectivity index is 1.47. The molecule has 2 aromatic heterocycles. The second-order valence-corrected chi connectivity index (χ2v) is 9.36. The predicted octanol–water partition coefficient (Wildman–Crippen LogP) is 2.58. The lowest BCUT2D eigenvalue weighted by molar-refractivity contribution is -0.125. The van der Waals surface area contributed by atoms with Gasteiger partial charge in [-0.3, -0.25) is 9.69 Å². The van der Waals surface area contributed by atoms with E-state index in [1.165, 1.54) is 16.9 Å². The van der Waals surface area contributed by atoms with Crippen molar-refractivity contribution >= 4 is 23.2 Å². The first-order valence-electron chi connectivity index (χ1n) is 10.7. The van der Waals surface area contributed by atoms with Crippen LogP contribution < -0.4 is 10.1 Å². The van der Waals surface area contributed by atoms with E-state index in [0.717, 1.165) is 11.3 Å². The van der Waals surface area contributed by atoms with Gasteiger partial charge in [-0.1, -0.05) is 17.3 Å². The van der Waals surface area contributed by atoms with Gasteiger partial charge in [-0.15, -0.1) is 16.4 Å². The quantitative estimate of drug-likeness (QED) is 0.506. The number of carbonyl (C=O) groups excluding carboxylic acids is 2. The SMILES string of the molecule is COC(=O)c1cn([C@H]2C[C@@H](C(=O)NCc3ccc(OC)cc3)N(Cc3ccc(C)s3)C2)nn1. The summed E-state index contributed by atoms with van der Waals surface area (Å²) in [5.74, 6) is 0.217.